The highest BCUT2D eigenvalue weighted by molar-refractivity contribution is 5.85. The molecular weight excluding hydrogens is 269 g/mol. The third-order valence-electron chi connectivity index (χ3n) is 3.82. The van der Waals surface area contributed by atoms with E-state index >= 15 is 0 Å². The third kappa shape index (κ3) is 5.31. The summed E-state index contributed by atoms with van der Waals surface area (Å²) in [4.78, 5) is 12.9. The summed E-state index contributed by atoms with van der Waals surface area (Å²) in [5.74, 6) is -1.45. The Hall–Kier alpha value is -1.68. The summed E-state index contributed by atoms with van der Waals surface area (Å²) in [6.07, 6.45) is 8.61. The molecule has 0 unspecified atom stereocenters. The monoisotopic (exact) mass is 291 g/mol. The Balaban J connectivity index is 2.05. The number of rotatable bonds is 4. The van der Waals surface area contributed by atoms with E-state index < -0.39 is 5.97 Å². The maximum absolute atomic E-state index is 13.7. The van der Waals surface area contributed by atoms with Crippen LogP contribution < -0.4 is 0 Å². The summed E-state index contributed by atoms with van der Waals surface area (Å²) < 4.78 is 13.7. The average molecular weight is 291 g/mol. The van der Waals surface area contributed by atoms with Crippen molar-refractivity contribution in [2.24, 2.45) is 0 Å². The molecule has 114 valence electrons. The summed E-state index contributed by atoms with van der Waals surface area (Å²) in [7, 11) is 0. The minimum atomic E-state index is -1.07. The Bertz CT molecular complexity index is 506. The van der Waals surface area contributed by atoms with Crippen LogP contribution in [0.4, 0.5) is 4.39 Å². The first-order valence-corrected chi connectivity index (χ1v) is 7.57. The number of benzene rings is 1. The van der Waals surface area contributed by atoms with Crippen LogP contribution in [0.1, 0.15) is 43.2 Å². The first-order chi connectivity index (χ1) is 10.1. The van der Waals surface area contributed by atoms with Crippen LogP contribution in [0.2, 0.25) is 0 Å². The van der Waals surface area contributed by atoms with Crippen LogP contribution in [0.25, 0.3) is 6.08 Å². The zero-order chi connectivity index (χ0) is 15.1. The number of carboxylic acids is 1. The number of carboxylic acid groups (broad SMARTS) is 1. The summed E-state index contributed by atoms with van der Waals surface area (Å²) in [5.41, 5.74) is 1.36. The molecule has 3 nitrogen and oxygen atoms in total. The number of aliphatic carboxylic acids is 1. The molecule has 0 aromatic heterocycles. The van der Waals surface area contributed by atoms with Crippen molar-refractivity contribution in [3.63, 3.8) is 0 Å². The number of hydrogen-bond donors (Lipinski definition) is 1. The highest BCUT2D eigenvalue weighted by Crippen LogP contribution is 2.17. The zero-order valence-electron chi connectivity index (χ0n) is 12.2. The molecule has 2 rings (SSSR count). The van der Waals surface area contributed by atoms with Gasteiger partial charge in [-0.2, -0.15) is 0 Å². The van der Waals surface area contributed by atoms with Gasteiger partial charge in [0.15, 0.2) is 0 Å². The molecule has 0 saturated carbocycles. The minimum Gasteiger partial charge on any atom is -0.478 e. The molecule has 1 aliphatic rings. The predicted octanol–water partition coefficient (Wildman–Crippen LogP) is 3.69. The highest BCUT2D eigenvalue weighted by atomic mass is 19.1. The molecule has 1 N–H and O–H groups in total. The first-order valence-electron chi connectivity index (χ1n) is 7.57. The van der Waals surface area contributed by atoms with Gasteiger partial charge in [-0.25, -0.2) is 9.18 Å². The van der Waals surface area contributed by atoms with Gasteiger partial charge in [-0.1, -0.05) is 25.3 Å². The van der Waals surface area contributed by atoms with Crippen molar-refractivity contribution in [2.75, 3.05) is 13.1 Å². The van der Waals surface area contributed by atoms with Gasteiger partial charge in [0, 0.05) is 18.2 Å². The number of hydrogen-bond acceptors (Lipinski definition) is 2. The highest BCUT2D eigenvalue weighted by Gasteiger charge is 2.10. The van der Waals surface area contributed by atoms with Gasteiger partial charge >= 0.3 is 5.97 Å². The number of carbonyl (C=O) groups is 1. The topological polar surface area (TPSA) is 40.5 Å². The molecule has 1 saturated heterocycles. The molecule has 1 heterocycles. The second-order valence-corrected chi connectivity index (χ2v) is 5.57. The summed E-state index contributed by atoms with van der Waals surface area (Å²) in [6, 6.07) is 4.95. The Morgan fingerprint density at radius 1 is 1.19 bits per heavy atom. The van der Waals surface area contributed by atoms with E-state index in [1.165, 1.54) is 44.2 Å². The Morgan fingerprint density at radius 3 is 2.52 bits per heavy atom. The van der Waals surface area contributed by atoms with Crippen LogP contribution in [-0.2, 0) is 11.3 Å². The molecule has 0 radical (unpaired) electrons. The smallest absolute Gasteiger partial charge is 0.328 e. The van der Waals surface area contributed by atoms with E-state index in [0.717, 1.165) is 31.3 Å². The van der Waals surface area contributed by atoms with Crippen molar-refractivity contribution in [3.8, 4) is 0 Å². The normalized spacial score (nSPS) is 17.6. The van der Waals surface area contributed by atoms with Crippen LogP contribution in [0, 0.1) is 5.82 Å². The molecule has 0 amide bonds. The van der Waals surface area contributed by atoms with E-state index in [0.29, 0.717) is 5.56 Å². The fourth-order valence-electron chi connectivity index (χ4n) is 2.71. The second kappa shape index (κ2) is 7.93. The molecule has 4 heteroatoms. The van der Waals surface area contributed by atoms with Crippen molar-refractivity contribution in [1.29, 1.82) is 0 Å². The lowest BCUT2D eigenvalue weighted by Gasteiger charge is -2.24. The van der Waals surface area contributed by atoms with Crippen molar-refractivity contribution in [2.45, 2.75) is 38.6 Å². The van der Waals surface area contributed by atoms with Crippen LogP contribution >= 0.6 is 0 Å². The van der Waals surface area contributed by atoms with Gasteiger partial charge in [-0.15, -0.1) is 0 Å². The zero-order valence-corrected chi connectivity index (χ0v) is 12.2. The van der Waals surface area contributed by atoms with E-state index in [2.05, 4.69) is 4.90 Å². The van der Waals surface area contributed by atoms with Crippen LogP contribution in [0.15, 0.2) is 24.3 Å². The van der Waals surface area contributed by atoms with Gasteiger partial charge in [0.05, 0.1) is 0 Å². The van der Waals surface area contributed by atoms with Gasteiger partial charge in [-0.05, 0) is 49.7 Å². The predicted molar refractivity (Wildman–Crippen MR) is 81.4 cm³/mol. The molecule has 0 atom stereocenters. The van der Waals surface area contributed by atoms with Crippen molar-refractivity contribution < 1.29 is 14.3 Å². The Kier molecular flexibility index (Phi) is 5.93. The maximum atomic E-state index is 13.7. The quantitative estimate of drug-likeness (QED) is 0.860. The van der Waals surface area contributed by atoms with E-state index in [-0.39, 0.29) is 5.82 Å². The summed E-state index contributed by atoms with van der Waals surface area (Å²) in [5, 5.41) is 8.64. The van der Waals surface area contributed by atoms with Gasteiger partial charge in [0.1, 0.15) is 5.82 Å². The average Bonchev–Trinajstić information content (AvgIpc) is 2.42. The van der Waals surface area contributed by atoms with E-state index in [4.69, 9.17) is 5.11 Å². The second-order valence-electron chi connectivity index (χ2n) is 5.57. The summed E-state index contributed by atoms with van der Waals surface area (Å²) >= 11 is 0. The molecule has 0 aliphatic carbocycles. The lowest BCUT2D eigenvalue weighted by atomic mass is 10.1. The van der Waals surface area contributed by atoms with Crippen molar-refractivity contribution in [3.05, 3.63) is 41.2 Å². The van der Waals surface area contributed by atoms with Crippen molar-refractivity contribution in [1.82, 2.24) is 4.90 Å². The maximum Gasteiger partial charge on any atom is 0.328 e. The van der Waals surface area contributed by atoms with Crippen LogP contribution in [0.5, 0.6) is 0 Å². The van der Waals surface area contributed by atoms with Gasteiger partial charge < -0.3 is 5.11 Å². The number of halogens is 1. The van der Waals surface area contributed by atoms with Crippen LogP contribution in [-0.4, -0.2) is 29.1 Å². The lowest BCUT2D eigenvalue weighted by Crippen LogP contribution is -2.26. The largest absolute Gasteiger partial charge is 0.478 e. The minimum absolute atomic E-state index is 0.335. The molecule has 1 fully saturated rings. The molecule has 1 aromatic carbocycles. The van der Waals surface area contributed by atoms with E-state index in [1.54, 1.807) is 12.1 Å². The molecule has 1 aromatic rings. The molecule has 0 spiro atoms. The van der Waals surface area contributed by atoms with Crippen LogP contribution in [0.3, 0.4) is 0 Å². The van der Waals surface area contributed by atoms with Gasteiger partial charge in [0.25, 0.3) is 0 Å². The SMILES string of the molecule is O=C(O)C=Cc1cc(CN2CCCCCCC2)ccc1F. The fourth-order valence-corrected chi connectivity index (χ4v) is 2.71. The summed E-state index contributed by atoms with van der Waals surface area (Å²) in [6.45, 7) is 2.96. The molecule has 21 heavy (non-hydrogen) atoms. The molecular formula is C17H22FNO2. The van der Waals surface area contributed by atoms with E-state index in [9.17, 15) is 9.18 Å². The Morgan fingerprint density at radius 2 is 1.86 bits per heavy atom. The number of nitrogens with zero attached hydrogens (tertiary/aromatic N) is 1. The number of likely N-dealkylation sites (tertiary alicyclic amines) is 1. The first kappa shape index (κ1) is 15.7. The van der Waals surface area contributed by atoms with Gasteiger partial charge in [-0.3, -0.25) is 4.90 Å². The lowest BCUT2D eigenvalue weighted by molar-refractivity contribution is -0.131. The fraction of sp³-hybridized carbons (Fsp3) is 0.471. The standard InChI is InChI=1S/C17H22FNO2/c18-16-8-6-14(12-15(16)7-9-17(20)21)13-19-10-4-2-1-3-5-11-19/h6-9,12H,1-5,10-11,13H2,(H,20,21). The van der Waals surface area contributed by atoms with E-state index in [1.807, 2.05) is 0 Å². The molecule has 0 bridgehead atoms. The van der Waals surface area contributed by atoms with Crippen molar-refractivity contribution >= 4 is 12.0 Å². The molecule has 1 aliphatic heterocycles. The third-order valence-corrected chi connectivity index (χ3v) is 3.82. The van der Waals surface area contributed by atoms with Gasteiger partial charge in [0.2, 0.25) is 0 Å². The Labute approximate surface area is 125 Å².